The second-order valence-electron chi connectivity index (χ2n) is 8.00. The number of nitrogens with zero attached hydrogens (tertiary/aromatic N) is 4. The van der Waals surface area contributed by atoms with Gasteiger partial charge in [0.2, 0.25) is 5.91 Å². The summed E-state index contributed by atoms with van der Waals surface area (Å²) in [5.74, 6) is 0.528. The highest BCUT2D eigenvalue weighted by Crippen LogP contribution is 2.27. The molecule has 2 aliphatic rings. The molecule has 0 unspecified atom stereocenters. The lowest BCUT2D eigenvalue weighted by atomic mass is 9.94. The summed E-state index contributed by atoms with van der Waals surface area (Å²) in [6.07, 6.45) is 5.56. The van der Waals surface area contributed by atoms with E-state index >= 15 is 0 Å². The third-order valence-corrected chi connectivity index (χ3v) is 6.38. The van der Waals surface area contributed by atoms with Crippen molar-refractivity contribution in [2.75, 3.05) is 49.1 Å². The predicted octanol–water partition coefficient (Wildman–Crippen LogP) is 3.26. The highest BCUT2D eigenvalue weighted by molar-refractivity contribution is 5.79. The van der Waals surface area contributed by atoms with Crippen LogP contribution in [0.15, 0.2) is 42.7 Å². The van der Waals surface area contributed by atoms with Gasteiger partial charge in [-0.1, -0.05) is 12.1 Å². The van der Waals surface area contributed by atoms with Crippen molar-refractivity contribution >= 4 is 17.3 Å². The van der Waals surface area contributed by atoms with Gasteiger partial charge in [0.1, 0.15) is 0 Å². The van der Waals surface area contributed by atoms with Crippen LogP contribution in [-0.2, 0) is 4.79 Å². The van der Waals surface area contributed by atoms with E-state index < -0.39 is 0 Å². The van der Waals surface area contributed by atoms with Crippen LogP contribution in [-0.4, -0.2) is 55.1 Å². The van der Waals surface area contributed by atoms with Crippen LogP contribution in [0.1, 0.15) is 24.0 Å². The molecule has 0 saturated carbocycles. The van der Waals surface area contributed by atoms with Crippen LogP contribution >= 0.6 is 0 Å². The fourth-order valence-electron chi connectivity index (χ4n) is 4.44. The maximum atomic E-state index is 13.0. The molecular weight excluding hydrogens is 348 g/mol. The minimum Gasteiger partial charge on any atom is -0.371 e. The number of carbonyl (C=O) groups excluding carboxylic acids is 1. The Hall–Kier alpha value is -2.56. The number of piperazine rings is 1. The van der Waals surface area contributed by atoms with Crippen molar-refractivity contribution in [2.45, 2.75) is 26.7 Å². The minimum absolute atomic E-state index is 0.172. The van der Waals surface area contributed by atoms with E-state index in [9.17, 15) is 4.79 Å². The molecule has 148 valence electrons. The lowest BCUT2D eigenvalue weighted by Crippen LogP contribution is -2.51. The zero-order chi connectivity index (χ0) is 19.5. The Kier molecular flexibility index (Phi) is 5.51. The molecule has 4 rings (SSSR count). The van der Waals surface area contributed by atoms with Crippen molar-refractivity contribution in [1.82, 2.24) is 9.88 Å². The third kappa shape index (κ3) is 3.84. The van der Waals surface area contributed by atoms with Crippen LogP contribution in [0.2, 0.25) is 0 Å². The number of piperidine rings is 1. The van der Waals surface area contributed by atoms with Crippen LogP contribution in [0.25, 0.3) is 0 Å². The molecule has 1 aromatic carbocycles. The molecule has 28 heavy (non-hydrogen) atoms. The fourth-order valence-corrected chi connectivity index (χ4v) is 4.44. The molecule has 0 N–H and O–H groups in total. The van der Waals surface area contributed by atoms with Crippen LogP contribution in [0.5, 0.6) is 0 Å². The van der Waals surface area contributed by atoms with E-state index in [0.29, 0.717) is 5.91 Å². The molecule has 1 amide bonds. The van der Waals surface area contributed by atoms with Crippen LogP contribution in [0.3, 0.4) is 0 Å². The number of rotatable bonds is 3. The Morgan fingerprint density at radius 3 is 2.25 bits per heavy atom. The summed E-state index contributed by atoms with van der Waals surface area (Å²) in [5.41, 5.74) is 5.21. The Balaban J connectivity index is 1.30. The van der Waals surface area contributed by atoms with E-state index in [2.05, 4.69) is 63.9 Å². The molecule has 0 radical (unpaired) electrons. The van der Waals surface area contributed by atoms with Crippen molar-refractivity contribution in [3.8, 4) is 0 Å². The zero-order valence-corrected chi connectivity index (χ0v) is 17.0. The molecule has 5 nitrogen and oxygen atoms in total. The molecule has 2 aliphatic heterocycles. The summed E-state index contributed by atoms with van der Waals surface area (Å²) in [4.78, 5) is 24.0. The maximum absolute atomic E-state index is 13.0. The first-order valence-electron chi connectivity index (χ1n) is 10.4. The first kappa shape index (κ1) is 18.8. The van der Waals surface area contributed by atoms with E-state index in [1.165, 1.54) is 22.5 Å². The maximum Gasteiger partial charge on any atom is 0.225 e. The van der Waals surface area contributed by atoms with Gasteiger partial charge in [0.25, 0.3) is 0 Å². The predicted molar refractivity (Wildman–Crippen MR) is 114 cm³/mol. The van der Waals surface area contributed by atoms with Gasteiger partial charge in [-0.3, -0.25) is 9.78 Å². The highest BCUT2D eigenvalue weighted by Gasteiger charge is 2.30. The molecule has 2 saturated heterocycles. The first-order chi connectivity index (χ1) is 13.6. The fraction of sp³-hybridized carbons (Fsp3) is 0.478. The molecule has 2 fully saturated rings. The van der Waals surface area contributed by atoms with Crippen molar-refractivity contribution in [2.24, 2.45) is 5.92 Å². The molecule has 5 heteroatoms. The Labute approximate surface area is 168 Å². The van der Waals surface area contributed by atoms with E-state index in [1.54, 1.807) is 0 Å². The Morgan fingerprint density at radius 1 is 0.893 bits per heavy atom. The molecule has 1 aromatic heterocycles. The van der Waals surface area contributed by atoms with Gasteiger partial charge in [0.05, 0.1) is 0 Å². The SMILES string of the molecule is Cc1cccc(N2CCN(C(=O)C3CCN(c4ccncc4)CC3)CC2)c1C. The second-order valence-corrected chi connectivity index (χ2v) is 8.00. The summed E-state index contributed by atoms with van der Waals surface area (Å²) in [6.45, 7) is 9.76. The highest BCUT2D eigenvalue weighted by atomic mass is 16.2. The summed E-state index contributed by atoms with van der Waals surface area (Å²) in [7, 11) is 0. The number of hydrogen-bond donors (Lipinski definition) is 0. The van der Waals surface area contributed by atoms with Gasteiger partial charge in [-0.05, 0) is 56.0 Å². The Bertz CT molecular complexity index is 807. The molecule has 0 bridgehead atoms. The van der Waals surface area contributed by atoms with E-state index in [1.807, 2.05) is 12.4 Å². The summed E-state index contributed by atoms with van der Waals surface area (Å²) < 4.78 is 0. The molecule has 2 aromatic rings. The van der Waals surface area contributed by atoms with E-state index in [4.69, 9.17) is 0 Å². The second kappa shape index (κ2) is 8.21. The average Bonchev–Trinajstić information content (AvgIpc) is 2.76. The van der Waals surface area contributed by atoms with Gasteiger partial charge in [-0.2, -0.15) is 0 Å². The quantitative estimate of drug-likeness (QED) is 0.822. The number of pyridine rings is 1. The van der Waals surface area contributed by atoms with Gasteiger partial charge >= 0.3 is 0 Å². The Morgan fingerprint density at radius 2 is 1.57 bits per heavy atom. The van der Waals surface area contributed by atoms with Crippen molar-refractivity contribution < 1.29 is 4.79 Å². The first-order valence-corrected chi connectivity index (χ1v) is 10.4. The largest absolute Gasteiger partial charge is 0.371 e. The number of amides is 1. The van der Waals surface area contributed by atoms with Gasteiger partial charge < -0.3 is 14.7 Å². The molecule has 0 atom stereocenters. The zero-order valence-electron chi connectivity index (χ0n) is 17.0. The van der Waals surface area contributed by atoms with Crippen LogP contribution in [0.4, 0.5) is 11.4 Å². The molecular formula is C23H30N4O. The standard InChI is InChI=1S/C23H30N4O/c1-18-4-3-5-22(19(18)2)26-14-16-27(17-15-26)23(28)20-8-12-25(13-9-20)21-6-10-24-11-7-21/h3-7,10-11,20H,8-9,12-17H2,1-2H3. The topological polar surface area (TPSA) is 39.7 Å². The van der Waals surface area contributed by atoms with Gasteiger partial charge in [-0.25, -0.2) is 0 Å². The lowest BCUT2D eigenvalue weighted by molar-refractivity contribution is -0.136. The number of aryl methyl sites for hydroxylation is 1. The smallest absolute Gasteiger partial charge is 0.225 e. The van der Waals surface area contributed by atoms with Crippen LogP contribution < -0.4 is 9.80 Å². The number of benzene rings is 1. The minimum atomic E-state index is 0.172. The average molecular weight is 379 g/mol. The molecule has 0 spiro atoms. The number of carbonyl (C=O) groups is 1. The van der Waals surface area contributed by atoms with Crippen molar-refractivity contribution in [1.29, 1.82) is 0 Å². The molecule has 3 heterocycles. The monoisotopic (exact) mass is 378 g/mol. The number of hydrogen-bond acceptors (Lipinski definition) is 4. The van der Waals surface area contributed by atoms with E-state index in [-0.39, 0.29) is 5.92 Å². The van der Waals surface area contributed by atoms with Crippen molar-refractivity contribution in [3.63, 3.8) is 0 Å². The van der Waals surface area contributed by atoms with Gasteiger partial charge in [-0.15, -0.1) is 0 Å². The van der Waals surface area contributed by atoms with Crippen molar-refractivity contribution in [3.05, 3.63) is 53.9 Å². The van der Waals surface area contributed by atoms with Gasteiger partial charge in [0.15, 0.2) is 0 Å². The third-order valence-electron chi connectivity index (χ3n) is 6.38. The van der Waals surface area contributed by atoms with E-state index in [0.717, 1.165) is 52.1 Å². The summed E-state index contributed by atoms with van der Waals surface area (Å²) >= 11 is 0. The summed E-state index contributed by atoms with van der Waals surface area (Å²) in [6, 6.07) is 10.6. The number of aromatic nitrogens is 1. The summed E-state index contributed by atoms with van der Waals surface area (Å²) in [5, 5.41) is 0. The number of anilines is 2. The lowest BCUT2D eigenvalue weighted by Gasteiger charge is -2.40. The normalized spacial score (nSPS) is 18.4. The van der Waals surface area contributed by atoms with Crippen LogP contribution in [0, 0.1) is 19.8 Å². The molecule has 0 aliphatic carbocycles. The van der Waals surface area contributed by atoms with Gasteiger partial charge in [0, 0.05) is 69.0 Å².